The predicted molar refractivity (Wildman–Crippen MR) is 78.8 cm³/mol. The van der Waals surface area contributed by atoms with E-state index in [4.69, 9.17) is 4.74 Å². The lowest BCUT2D eigenvalue weighted by Crippen LogP contribution is -2.05. The third-order valence-corrected chi connectivity index (χ3v) is 3.84. The maximum absolute atomic E-state index is 11.5. The van der Waals surface area contributed by atoms with E-state index in [9.17, 15) is 4.79 Å². The van der Waals surface area contributed by atoms with E-state index in [1.807, 2.05) is 12.1 Å². The van der Waals surface area contributed by atoms with Crippen molar-refractivity contribution in [3.63, 3.8) is 0 Å². The number of esters is 1. The fourth-order valence-electron chi connectivity index (χ4n) is 1.71. The molecule has 4 heteroatoms. The van der Waals surface area contributed by atoms with Crippen LogP contribution in [0.25, 0.3) is 0 Å². The van der Waals surface area contributed by atoms with Crippen molar-refractivity contribution in [2.45, 2.75) is 20.4 Å². The molecular formula is C15H17NO2S. The Bertz CT molecular complexity index is 546. The molecule has 0 aliphatic rings. The zero-order valence-corrected chi connectivity index (χ0v) is 11.9. The highest BCUT2D eigenvalue weighted by atomic mass is 32.1. The summed E-state index contributed by atoms with van der Waals surface area (Å²) in [6.45, 7) is 5.12. The maximum Gasteiger partial charge on any atom is 0.338 e. The molecule has 0 saturated heterocycles. The molecule has 1 aromatic carbocycles. The number of thiophene rings is 1. The van der Waals surface area contributed by atoms with Gasteiger partial charge in [-0.15, -0.1) is 11.3 Å². The molecule has 100 valence electrons. The van der Waals surface area contributed by atoms with Crippen molar-refractivity contribution in [1.29, 1.82) is 0 Å². The van der Waals surface area contributed by atoms with Crippen molar-refractivity contribution in [2.75, 3.05) is 11.9 Å². The topological polar surface area (TPSA) is 38.3 Å². The van der Waals surface area contributed by atoms with Gasteiger partial charge in [0.2, 0.25) is 0 Å². The molecule has 0 unspecified atom stereocenters. The van der Waals surface area contributed by atoms with Crippen LogP contribution in [0, 0.1) is 6.92 Å². The molecule has 1 heterocycles. The van der Waals surface area contributed by atoms with Gasteiger partial charge in [0, 0.05) is 17.1 Å². The number of hydrogen-bond acceptors (Lipinski definition) is 4. The largest absolute Gasteiger partial charge is 0.462 e. The molecule has 1 N–H and O–H groups in total. The minimum Gasteiger partial charge on any atom is -0.462 e. The molecule has 0 fully saturated rings. The van der Waals surface area contributed by atoms with Crippen molar-refractivity contribution in [1.82, 2.24) is 0 Å². The zero-order chi connectivity index (χ0) is 13.7. The van der Waals surface area contributed by atoms with Gasteiger partial charge in [0.05, 0.1) is 12.2 Å². The third kappa shape index (κ3) is 3.58. The van der Waals surface area contributed by atoms with E-state index in [-0.39, 0.29) is 5.97 Å². The second kappa shape index (κ2) is 6.38. The smallest absolute Gasteiger partial charge is 0.338 e. The monoisotopic (exact) mass is 275 g/mol. The molecule has 3 nitrogen and oxygen atoms in total. The minimum absolute atomic E-state index is 0.275. The summed E-state index contributed by atoms with van der Waals surface area (Å²) < 4.78 is 4.94. The van der Waals surface area contributed by atoms with Crippen molar-refractivity contribution >= 4 is 23.0 Å². The molecule has 19 heavy (non-hydrogen) atoms. The number of rotatable bonds is 5. The number of hydrogen-bond donors (Lipinski definition) is 1. The SMILES string of the molecule is CCOC(=O)c1ccc(NCc2sccc2C)cc1. The Hall–Kier alpha value is -1.81. The summed E-state index contributed by atoms with van der Waals surface area (Å²) in [6.07, 6.45) is 0. The number of carbonyl (C=O) groups excluding carboxylic acids is 1. The van der Waals surface area contributed by atoms with Crippen LogP contribution in [0.3, 0.4) is 0 Å². The standard InChI is InChI=1S/C15H17NO2S/c1-3-18-15(17)12-4-6-13(7-5-12)16-10-14-11(2)8-9-19-14/h4-9,16H,3,10H2,1-2H3. The van der Waals surface area contributed by atoms with Gasteiger partial charge in [-0.25, -0.2) is 4.79 Å². The Morgan fingerprint density at radius 2 is 2.00 bits per heavy atom. The molecule has 0 bridgehead atoms. The molecule has 0 radical (unpaired) electrons. The van der Waals surface area contributed by atoms with Crippen LogP contribution >= 0.6 is 11.3 Å². The van der Waals surface area contributed by atoms with E-state index in [0.717, 1.165) is 12.2 Å². The van der Waals surface area contributed by atoms with Crippen LogP contribution in [0.1, 0.15) is 27.7 Å². The van der Waals surface area contributed by atoms with Crippen LogP contribution in [-0.4, -0.2) is 12.6 Å². The third-order valence-electron chi connectivity index (χ3n) is 2.82. The fourth-order valence-corrected chi connectivity index (χ4v) is 2.55. The quantitative estimate of drug-likeness (QED) is 0.842. The van der Waals surface area contributed by atoms with Crippen molar-refractivity contribution < 1.29 is 9.53 Å². The van der Waals surface area contributed by atoms with Gasteiger partial charge in [-0.3, -0.25) is 0 Å². The van der Waals surface area contributed by atoms with Crippen LogP contribution in [0.5, 0.6) is 0 Å². The molecular weight excluding hydrogens is 258 g/mol. The van der Waals surface area contributed by atoms with Gasteiger partial charge in [0.1, 0.15) is 0 Å². The fraction of sp³-hybridized carbons (Fsp3) is 0.267. The zero-order valence-electron chi connectivity index (χ0n) is 11.1. The van der Waals surface area contributed by atoms with Crippen molar-refractivity contribution in [2.24, 2.45) is 0 Å². The van der Waals surface area contributed by atoms with Crippen LogP contribution < -0.4 is 5.32 Å². The summed E-state index contributed by atoms with van der Waals surface area (Å²) in [5.74, 6) is -0.275. The molecule has 0 aliphatic heterocycles. The van der Waals surface area contributed by atoms with Gasteiger partial charge in [-0.2, -0.15) is 0 Å². The first-order valence-electron chi connectivity index (χ1n) is 6.24. The van der Waals surface area contributed by atoms with Crippen LogP contribution in [0.2, 0.25) is 0 Å². The Kier molecular flexibility index (Phi) is 4.58. The Morgan fingerprint density at radius 3 is 2.58 bits per heavy atom. The van der Waals surface area contributed by atoms with Gasteiger partial charge >= 0.3 is 5.97 Å². The Morgan fingerprint density at radius 1 is 1.26 bits per heavy atom. The summed E-state index contributed by atoms with van der Waals surface area (Å²) in [7, 11) is 0. The van der Waals surface area contributed by atoms with E-state index in [1.54, 1.807) is 30.4 Å². The average Bonchev–Trinajstić information content (AvgIpc) is 2.83. The summed E-state index contributed by atoms with van der Waals surface area (Å²) >= 11 is 1.75. The highest BCUT2D eigenvalue weighted by Gasteiger charge is 2.05. The Balaban J connectivity index is 1.95. The van der Waals surface area contributed by atoms with Crippen LogP contribution in [0.4, 0.5) is 5.69 Å². The second-order valence-electron chi connectivity index (χ2n) is 4.18. The first kappa shape index (κ1) is 13.6. The molecule has 0 spiro atoms. The number of ether oxygens (including phenoxy) is 1. The van der Waals surface area contributed by atoms with Gasteiger partial charge in [0.25, 0.3) is 0 Å². The second-order valence-corrected chi connectivity index (χ2v) is 5.18. The lowest BCUT2D eigenvalue weighted by molar-refractivity contribution is 0.0526. The van der Waals surface area contributed by atoms with E-state index >= 15 is 0 Å². The number of aryl methyl sites for hydroxylation is 1. The first-order valence-corrected chi connectivity index (χ1v) is 7.12. The normalized spacial score (nSPS) is 10.2. The summed E-state index contributed by atoms with van der Waals surface area (Å²) in [6, 6.07) is 9.47. The molecule has 2 aromatic rings. The Labute approximate surface area is 117 Å². The molecule has 0 amide bonds. The molecule has 2 rings (SSSR count). The van der Waals surface area contributed by atoms with Gasteiger partial charge < -0.3 is 10.1 Å². The first-order chi connectivity index (χ1) is 9.20. The molecule has 0 atom stereocenters. The molecule has 0 aliphatic carbocycles. The van der Waals surface area contributed by atoms with E-state index in [0.29, 0.717) is 12.2 Å². The van der Waals surface area contributed by atoms with Crippen molar-refractivity contribution in [3.8, 4) is 0 Å². The van der Waals surface area contributed by atoms with Crippen LogP contribution in [-0.2, 0) is 11.3 Å². The summed E-state index contributed by atoms with van der Waals surface area (Å²) in [4.78, 5) is 12.8. The van der Waals surface area contributed by atoms with E-state index in [2.05, 4.69) is 23.7 Å². The van der Waals surface area contributed by atoms with Gasteiger partial charge in [-0.05, 0) is 55.1 Å². The van der Waals surface area contributed by atoms with Gasteiger partial charge in [-0.1, -0.05) is 0 Å². The van der Waals surface area contributed by atoms with Gasteiger partial charge in [0.15, 0.2) is 0 Å². The predicted octanol–water partition coefficient (Wildman–Crippen LogP) is 3.85. The lowest BCUT2D eigenvalue weighted by atomic mass is 10.2. The summed E-state index contributed by atoms with van der Waals surface area (Å²) in [5, 5.41) is 5.44. The number of carbonyl (C=O) groups is 1. The highest BCUT2D eigenvalue weighted by molar-refractivity contribution is 7.10. The molecule has 1 aromatic heterocycles. The maximum atomic E-state index is 11.5. The minimum atomic E-state index is -0.275. The van der Waals surface area contributed by atoms with Crippen molar-refractivity contribution in [3.05, 3.63) is 51.7 Å². The lowest BCUT2D eigenvalue weighted by Gasteiger charge is -2.07. The number of nitrogens with one attached hydrogen (secondary N) is 1. The van der Waals surface area contributed by atoms with E-state index in [1.165, 1.54) is 10.4 Å². The number of anilines is 1. The van der Waals surface area contributed by atoms with Crippen LogP contribution in [0.15, 0.2) is 35.7 Å². The highest BCUT2D eigenvalue weighted by Crippen LogP contribution is 2.18. The summed E-state index contributed by atoms with van der Waals surface area (Å²) in [5.41, 5.74) is 2.89. The number of benzene rings is 1. The average molecular weight is 275 g/mol. The molecule has 0 saturated carbocycles. The van der Waals surface area contributed by atoms with E-state index < -0.39 is 0 Å².